The highest BCUT2D eigenvalue weighted by molar-refractivity contribution is 7.54. The summed E-state index contributed by atoms with van der Waals surface area (Å²) in [5.41, 5.74) is -2.10. The maximum absolute atomic E-state index is 14.1. The lowest BCUT2D eigenvalue weighted by Gasteiger charge is -2.37. The van der Waals surface area contributed by atoms with E-state index >= 15 is 0 Å². The average Bonchev–Trinajstić information content (AvgIpc) is 3.46. The molecule has 39 heavy (non-hydrogen) atoms. The number of carbonyl (C=O) groups excluding carboxylic acids is 2. The lowest BCUT2D eigenvalue weighted by molar-refractivity contribution is -0.152. The third-order valence-corrected chi connectivity index (χ3v) is 8.85. The lowest BCUT2D eigenvalue weighted by Crippen LogP contribution is -2.53. The molecule has 4 rings (SSSR count). The third-order valence-electron chi connectivity index (χ3n) is 6.73. The van der Waals surface area contributed by atoms with E-state index in [1.807, 2.05) is 0 Å². The Kier molecular flexibility index (Phi) is 8.25. The minimum absolute atomic E-state index is 0.0171. The summed E-state index contributed by atoms with van der Waals surface area (Å²) < 4.78 is 53.8. The topological polar surface area (TPSA) is 144 Å². The van der Waals surface area contributed by atoms with Gasteiger partial charge in [0.2, 0.25) is 0 Å². The van der Waals surface area contributed by atoms with Gasteiger partial charge in [0.25, 0.3) is 5.91 Å². The van der Waals surface area contributed by atoms with Crippen LogP contribution in [0.25, 0.3) is 0 Å². The van der Waals surface area contributed by atoms with Crippen molar-refractivity contribution in [2.45, 2.75) is 69.7 Å². The Labute approximate surface area is 235 Å². The van der Waals surface area contributed by atoms with Crippen molar-refractivity contribution in [3.63, 3.8) is 0 Å². The fraction of sp³-hybridized carbons (Fsp3) is 0.538. The summed E-state index contributed by atoms with van der Waals surface area (Å²) in [6.07, 6.45) is -0.240. The van der Waals surface area contributed by atoms with Crippen molar-refractivity contribution in [1.82, 2.24) is 10.2 Å². The number of nitrogens with zero attached hydrogens (tertiary/aromatic N) is 1. The van der Waals surface area contributed by atoms with Gasteiger partial charge in [0.1, 0.15) is 35.5 Å². The van der Waals surface area contributed by atoms with Gasteiger partial charge in [0.15, 0.2) is 6.23 Å². The number of rotatable bonds is 10. The van der Waals surface area contributed by atoms with Crippen molar-refractivity contribution in [2.24, 2.45) is 5.92 Å². The van der Waals surface area contributed by atoms with Crippen LogP contribution in [0.4, 0.5) is 0 Å². The first kappa shape index (κ1) is 26.8. The van der Waals surface area contributed by atoms with E-state index in [9.17, 15) is 24.4 Å². The molecule has 3 N–H and O–H groups in total. The molecule has 3 aliphatic rings. The van der Waals surface area contributed by atoms with Gasteiger partial charge in [-0.05, 0) is 56.9 Å². The van der Waals surface area contributed by atoms with Crippen molar-refractivity contribution in [1.29, 1.82) is 0 Å². The fourth-order valence-corrected chi connectivity index (χ4v) is 6.37. The minimum Gasteiger partial charge on any atom is -0.462 e. The number of halogens is 1. The van der Waals surface area contributed by atoms with Gasteiger partial charge in [0, 0.05) is 17.3 Å². The van der Waals surface area contributed by atoms with Gasteiger partial charge >= 0.3 is 13.6 Å². The van der Waals surface area contributed by atoms with Crippen molar-refractivity contribution >= 4 is 31.1 Å². The van der Waals surface area contributed by atoms with Crippen LogP contribution in [0.1, 0.15) is 42.3 Å². The summed E-state index contributed by atoms with van der Waals surface area (Å²) in [7, 11) is -4.52. The Morgan fingerprint density at radius 1 is 1.38 bits per heavy atom. The quantitative estimate of drug-likeness (QED) is 0.276. The molecule has 1 aromatic carbocycles. The first-order valence-corrected chi connectivity index (χ1v) is 14.7. The fourth-order valence-electron chi connectivity index (χ4n) is 4.53. The smallest absolute Gasteiger partial charge is 0.380 e. The molecular weight excluding hydrogens is 551 g/mol. The Morgan fingerprint density at radius 2 is 2.05 bits per heavy atom. The van der Waals surface area contributed by atoms with Crippen molar-refractivity contribution in [3.8, 4) is 5.75 Å². The van der Waals surface area contributed by atoms with Gasteiger partial charge in [-0.3, -0.25) is 14.1 Å². The van der Waals surface area contributed by atoms with Gasteiger partial charge in [-0.25, -0.2) is 4.57 Å². The van der Waals surface area contributed by atoms with E-state index < -0.39 is 62.1 Å². The molecule has 1 aromatic rings. The summed E-state index contributed by atoms with van der Waals surface area (Å²) in [4.78, 5) is 25.6. The molecule has 1 saturated heterocycles. The Morgan fingerprint density at radius 3 is 2.69 bits per heavy atom. The number of esters is 1. The highest BCUT2D eigenvalue weighted by atomic mass is 35.5. The number of nitrogens with one attached hydrogen (secondary N) is 1. The third kappa shape index (κ3) is 7.03. The molecule has 13 heteroatoms. The highest BCUT2D eigenvalue weighted by Gasteiger charge is 2.55. The molecule has 6 atom stereocenters. The molecule has 0 bridgehead atoms. The second kappa shape index (κ2) is 12.0. The van der Waals surface area contributed by atoms with Crippen LogP contribution in [0.15, 0.2) is 48.9 Å². The van der Waals surface area contributed by atoms with Crippen molar-refractivity contribution < 1.29 is 45.6 Å². The SMILES string of the molecule is [2H]C([2H])(O[P@](=O)(C[C@@H](C)C(=O)OC1CCCC1)Oc1ccc(Cl)cc1)[C@H]1O[C@@H](N2C=CC(=O)NC2=C)C(C)(O)[C@H]1O. The summed E-state index contributed by atoms with van der Waals surface area (Å²) in [5.74, 6) is -2.05. The normalized spacial score (nSPS) is 30.8. The zero-order valence-electron chi connectivity index (χ0n) is 23.6. The zero-order chi connectivity index (χ0) is 30.2. The maximum atomic E-state index is 14.1. The molecule has 1 saturated carbocycles. The van der Waals surface area contributed by atoms with Crippen LogP contribution < -0.4 is 9.84 Å². The number of hydrogen-bond acceptors (Lipinski definition) is 10. The minimum atomic E-state index is -4.52. The molecule has 0 radical (unpaired) electrons. The first-order chi connectivity index (χ1) is 19.1. The Bertz CT molecular complexity index is 1240. The standard InChI is InChI=1S/C26H34ClN2O9P/c1-16(24(32)36-19-6-4-5-7-19)15-39(34,38-20-10-8-18(27)9-11-20)35-14-21-23(31)26(3,33)25(37-21)29-13-12-22(30)28-17(29)2/h8-13,16,19,21,23,25,31,33H,2,4-7,14-15H2,1,3H3,(H,28,30)/t16-,21-,23+,25-,26?,39-/m1/s1/i14D2. The van der Waals surface area contributed by atoms with Crippen molar-refractivity contribution in [2.75, 3.05) is 12.7 Å². The molecule has 0 spiro atoms. The van der Waals surface area contributed by atoms with E-state index in [0.717, 1.165) is 31.8 Å². The second-order valence-corrected chi connectivity index (χ2v) is 12.4. The predicted octanol–water partition coefficient (Wildman–Crippen LogP) is 3.30. The average molecular weight is 587 g/mol. The molecule has 2 aliphatic heterocycles. The Hall–Kier alpha value is -2.40. The van der Waals surface area contributed by atoms with Crippen LogP contribution in [0.2, 0.25) is 5.02 Å². The highest BCUT2D eigenvalue weighted by Crippen LogP contribution is 2.51. The number of carbonyl (C=O) groups is 2. The number of aliphatic hydroxyl groups excluding tert-OH is 1. The van der Waals surface area contributed by atoms with E-state index in [1.165, 1.54) is 49.2 Å². The number of hydrogen-bond donors (Lipinski definition) is 3. The first-order valence-electron chi connectivity index (χ1n) is 13.6. The molecule has 2 heterocycles. The summed E-state index contributed by atoms with van der Waals surface area (Å²) >= 11 is 5.94. The molecule has 1 unspecified atom stereocenters. The monoisotopic (exact) mass is 586 g/mol. The van der Waals surface area contributed by atoms with E-state index in [4.69, 9.17) is 32.9 Å². The molecule has 1 amide bonds. The molecule has 11 nitrogen and oxygen atoms in total. The maximum Gasteiger partial charge on any atom is 0.380 e. The van der Waals surface area contributed by atoms with E-state index in [-0.39, 0.29) is 17.7 Å². The van der Waals surface area contributed by atoms with Gasteiger partial charge in [-0.2, -0.15) is 0 Å². The van der Waals surface area contributed by atoms with Crippen molar-refractivity contribution in [3.05, 3.63) is 54.0 Å². The largest absolute Gasteiger partial charge is 0.462 e. The van der Waals surface area contributed by atoms with Crippen LogP contribution in [-0.4, -0.2) is 69.9 Å². The van der Waals surface area contributed by atoms with E-state index in [2.05, 4.69) is 11.9 Å². The van der Waals surface area contributed by atoms with E-state index in [0.29, 0.717) is 5.02 Å². The number of ether oxygens (including phenoxy) is 2. The van der Waals surface area contributed by atoms with Gasteiger partial charge in [-0.15, -0.1) is 0 Å². The van der Waals surface area contributed by atoms with Gasteiger partial charge < -0.3 is 34.4 Å². The summed E-state index contributed by atoms with van der Waals surface area (Å²) in [6.45, 7) is 3.36. The van der Waals surface area contributed by atoms with E-state index in [1.54, 1.807) is 0 Å². The molecule has 1 aliphatic carbocycles. The Balaban J connectivity index is 1.57. The summed E-state index contributed by atoms with van der Waals surface area (Å²) in [6, 6.07) is 5.74. The number of amides is 1. The molecule has 214 valence electrons. The number of benzene rings is 1. The summed E-state index contributed by atoms with van der Waals surface area (Å²) in [5, 5.41) is 24.9. The van der Waals surface area contributed by atoms with Crippen LogP contribution in [0.5, 0.6) is 5.75 Å². The number of aliphatic hydroxyl groups is 2. The van der Waals surface area contributed by atoms with Crippen LogP contribution in [-0.2, 0) is 28.2 Å². The van der Waals surface area contributed by atoms with Crippen LogP contribution in [0, 0.1) is 5.92 Å². The lowest BCUT2D eigenvalue weighted by atomic mass is 9.96. The second-order valence-electron chi connectivity index (χ2n) is 10.0. The van der Waals surface area contributed by atoms with Gasteiger partial charge in [-0.1, -0.05) is 25.1 Å². The molecular formula is C26H34ClN2O9P. The van der Waals surface area contributed by atoms with Crippen LogP contribution in [0.3, 0.4) is 0 Å². The van der Waals surface area contributed by atoms with Gasteiger partial charge in [0.05, 0.1) is 21.4 Å². The molecule has 2 fully saturated rings. The zero-order valence-corrected chi connectivity index (χ0v) is 23.3. The van der Waals surface area contributed by atoms with Crippen LogP contribution >= 0.6 is 19.2 Å². The predicted molar refractivity (Wildman–Crippen MR) is 142 cm³/mol. The molecule has 0 aromatic heterocycles.